The molecule has 2 rings (SSSR count). The van der Waals surface area contributed by atoms with Crippen molar-refractivity contribution in [3.63, 3.8) is 0 Å². The van der Waals surface area contributed by atoms with Crippen molar-refractivity contribution in [2.75, 3.05) is 11.5 Å². The van der Waals surface area contributed by atoms with Crippen LogP contribution in [0.2, 0.25) is 5.02 Å². The van der Waals surface area contributed by atoms with Gasteiger partial charge < -0.3 is 16.2 Å². The van der Waals surface area contributed by atoms with E-state index in [-0.39, 0.29) is 34.1 Å². The fourth-order valence-electron chi connectivity index (χ4n) is 1.36. The van der Waals surface area contributed by atoms with Crippen LogP contribution in [-0.4, -0.2) is 14.9 Å². The van der Waals surface area contributed by atoms with E-state index < -0.39 is 4.92 Å². The molecule has 0 saturated heterocycles. The Kier molecular flexibility index (Phi) is 3.34. The lowest BCUT2D eigenvalue weighted by Gasteiger charge is -2.07. The SMILES string of the molecule is Nc1cc(Oc2c(Cl)cccc2[N+](=O)[O-])nc(N)n1. The van der Waals surface area contributed by atoms with Crippen molar-refractivity contribution in [1.29, 1.82) is 0 Å². The third kappa shape index (κ3) is 2.80. The highest BCUT2D eigenvalue weighted by atomic mass is 35.5. The van der Waals surface area contributed by atoms with Gasteiger partial charge in [0.15, 0.2) is 0 Å². The number of halogens is 1. The summed E-state index contributed by atoms with van der Waals surface area (Å²) in [5.41, 5.74) is 10.6. The largest absolute Gasteiger partial charge is 0.430 e. The molecule has 4 N–H and O–H groups in total. The molecule has 0 spiro atoms. The number of para-hydroxylation sites is 1. The van der Waals surface area contributed by atoms with Crippen LogP contribution in [0, 0.1) is 10.1 Å². The van der Waals surface area contributed by atoms with Gasteiger partial charge in [0.2, 0.25) is 17.6 Å². The zero-order valence-electron chi connectivity index (χ0n) is 9.41. The van der Waals surface area contributed by atoms with E-state index in [0.717, 1.165) is 0 Å². The van der Waals surface area contributed by atoms with Gasteiger partial charge in [0.25, 0.3) is 0 Å². The van der Waals surface area contributed by atoms with Crippen LogP contribution in [0.15, 0.2) is 24.3 Å². The number of anilines is 2. The Morgan fingerprint density at radius 2 is 2.05 bits per heavy atom. The normalized spacial score (nSPS) is 10.2. The highest BCUT2D eigenvalue weighted by Crippen LogP contribution is 2.37. The molecule has 0 radical (unpaired) electrons. The Morgan fingerprint density at radius 1 is 1.32 bits per heavy atom. The van der Waals surface area contributed by atoms with Gasteiger partial charge in [0.05, 0.1) is 9.95 Å². The predicted molar refractivity (Wildman–Crippen MR) is 69.0 cm³/mol. The summed E-state index contributed by atoms with van der Waals surface area (Å²) in [6.45, 7) is 0. The van der Waals surface area contributed by atoms with Gasteiger partial charge in [0, 0.05) is 12.1 Å². The summed E-state index contributed by atoms with van der Waals surface area (Å²) in [6.07, 6.45) is 0. The molecule has 2 aromatic rings. The predicted octanol–water partition coefficient (Wildman–Crippen LogP) is 1.99. The van der Waals surface area contributed by atoms with Gasteiger partial charge in [-0.3, -0.25) is 10.1 Å². The van der Waals surface area contributed by atoms with Crippen LogP contribution >= 0.6 is 11.6 Å². The van der Waals surface area contributed by atoms with E-state index in [1.54, 1.807) is 0 Å². The van der Waals surface area contributed by atoms with Crippen LogP contribution in [0.25, 0.3) is 0 Å². The van der Waals surface area contributed by atoms with E-state index in [4.69, 9.17) is 27.8 Å². The molecule has 8 nitrogen and oxygen atoms in total. The summed E-state index contributed by atoms with van der Waals surface area (Å²) in [5, 5.41) is 11.0. The molecule has 1 aromatic carbocycles. The van der Waals surface area contributed by atoms with Gasteiger partial charge in [-0.25, -0.2) is 0 Å². The van der Waals surface area contributed by atoms with E-state index in [2.05, 4.69) is 9.97 Å². The molecule has 9 heteroatoms. The van der Waals surface area contributed by atoms with E-state index in [1.165, 1.54) is 24.3 Å². The minimum atomic E-state index is -0.616. The second-order valence-corrected chi connectivity index (χ2v) is 3.84. The minimum Gasteiger partial charge on any atom is -0.430 e. The van der Waals surface area contributed by atoms with Gasteiger partial charge in [-0.05, 0) is 6.07 Å². The van der Waals surface area contributed by atoms with Crippen molar-refractivity contribution in [1.82, 2.24) is 9.97 Å². The molecule has 0 aliphatic carbocycles. The first-order valence-electron chi connectivity index (χ1n) is 4.98. The molecule has 0 amide bonds. The van der Waals surface area contributed by atoms with Crippen LogP contribution in [0.4, 0.5) is 17.5 Å². The van der Waals surface area contributed by atoms with Gasteiger partial charge in [-0.2, -0.15) is 9.97 Å². The first kappa shape index (κ1) is 12.8. The van der Waals surface area contributed by atoms with E-state index in [1.807, 2.05) is 0 Å². The molecule has 0 unspecified atom stereocenters. The second-order valence-electron chi connectivity index (χ2n) is 3.44. The quantitative estimate of drug-likeness (QED) is 0.649. The zero-order chi connectivity index (χ0) is 14.0. The van der Waals surface area contributed by atoms with E-state index in [9.17, 15) is 10.1 Å². The Bertz CT molecular complexity index is 629. The number of nitro benzene ring substituents is 1. The van der Waals surface area contributed by atoms with Crippen LogP contribution in [-0.2, 0) is 0 Å². The Labute approximate surface area is 112 Å². The van der Waals surface area contributed by atoms with Crippen molar-refractivity contribution < 1.29 is 9.66 Å². The maximum Gasteiger partial charge on any atom is 0.313 e. The van der Waals surface area contributed by atoms with E-state index >= 15 is 0 Å². The molecular formula is C10H8ClN5O3. The molecule has 19 heavy (non-hydrogen) atoms. The number of nitrogen functional groups attached to an aromatic ring is 2. The molecule has 1 aromatic heterocycles. The maximum atomic E-state index is 10.9. The number of aromatic nitrogens is 2. The summed E-state index contributed by atoms with van der Waals surface area (Å²) >= 11 is 5.87. The van der Waals surface area contributed by atoms with Gasteiger partial charge in [-0.1, -0.05) is 17.7 Å². The third-order valence-corrected chi connectivity index (χ3v) is 2.39. The number of nitrogens with two attached hydrogens (primary N) is 2. The van der Waals surface area contributed by atoms with Crippen LogP contribution in [0.5, 0.6) is 11.6 Å². The van der Waals surface area contributed by atoms with Crippen LogP contribution in [0.3, 0.4) is 0 Å². The molecule has 0 atom stereocenters. The van der Waals surface area contributed by atoms with Crippen molar-refractivity contribution in [3.8, 4) is 11.6 Å². The highest BCUT2D eigenvalue weighted by molar-refractivity contribution is 6.32. The van der Waals surface area contributed by atoms with Crippen molar-refractivity contribution in [2.45, 2.75) is 0 Å². The molecule has 0 bridgehead atoms. The third-order valence-electron chi connectivity index (χ3n) is 2.09. The fraction of sp³-hybridized carbons (Fsp3) is 0. The van der Waals surface area contributed by atoms with Gasteiger partial charge in [-0.15, -0.1) is 0 Å². The molecule has 0 saturated carbocycles. The number of hydrogen-bond acceptors (Lipinski definition) is 7. The number of nitrogens with zero attached hydrogens (tertiary/aromatic N) is 3. The van der Waals surface area contributed by atoms with Crippen molar-refractivity contribution >= 4 is 29.1 Å². The summed E-state index contributed by atoms with van der Waals surface area (Å²) in [5.74, 6) is -0.185. The Hall–Kier alpha value is -2.61. The standard InChI is InChI=1S/C10H8ClN5O3/c11-5-2-1-3-6(16(17)18)9(5)19-8-4-7(12)14-10(13)15-8/h1-4H,(H4,12,13,14,15). The monoisotopic (exact) mass is 281 g/mol. The highest BCUT2D eigenvalue weighted by Gasteiger charge is 2.19. The molecule has 0 fully saturated rings. The Morgan fingerprint density at radius 3 is 2.68 bits per heavy atom. The lowest BCUT2D eigenvalue weighted by atomic mass is 10.3. The second kappa shape index (κ2) is 4.94. The van der Waals surface area contributed by atoms with Gasteiger partial charge >= 0.3 is 5.69 Å². The maximum absolute atomic E-state index is 10.9. The summed E-state index contributed by atoms with van der Waals surface area (Å²) in [6, 6.07) is 5.44. The summed E-state index contributed by atoms with van der Waals surface area (Å²) in [4.78, 5) is 17.7. The van der Waals surface area contributed by atoms with Crippen molar-refractivity contribution in [2.24, 2.45) is 0 Å². The molecule has 0 aliphatic heterocycles. The molecule has 98 valence electrons. The van der Waals surface area contributed by atoms with E-state index in [0.29, 0.717) is 0 Å². The average molecular weight is 282 g/mol. The number of nitro groups is 1. The summed E-state index contributed by atoms with van der Waals surface area (Å²) in [7, 11) is 0. The number of ether oxygens (including phenoxy) is 1. The molecular weight excluding hydrogens is 274 g/mol. The first-order valence-corrected chi connectivity index (χ1v) is 5.36. The Balaban J connectivity index is 2.45. The number of rotatable bonds is 3. The fourth-order valence-corrected chi connectivity index (χ4v) is 1.57. The van der Waals surface area contributed by atoms with Crippen molar-refractivity contribution in [3.05, 3.63) is 39.4 Å². The van der Waals surface area contributed by atoms with Crippen LogP contribution < -0.4 is 16.2 Å². The lowest BCUT2D eigenvalue weighted by molar-refractivity contribution is -0.385. The van der Waals surface area contributed by atoms with Crippen LogP contribution in [0.1, 0.15) is 0 Å². The molecule has 0 aliphatic rings. The number of hydrogen-bond donors (Lipinski definition) is 2. The summed E-state index contributed by atoms with van der Waals surface area (Å²) < 4.78 is 5.28. The smallest absolute Gasteiger partial charge is 0.313 e. The minimum absolute atomic E-state index is 0.0267. The topological polar surface area (TPSA) is 130 Å². The lowest BCUT2D eigenvalue weighted by Crippen LogP contribution is -2.02. The average Bonchev–Trinajstić information content (AvgIpc) is 2.30. The first-order chi connectivity index (χ1) is 8.97. The zero-order valence-corrected chi connectivity index (χ0v) is 10.2. The van der Waals surface area contributed by atoms with Gasteiger partial charge in [0.1, 0.15) is 5.82 Å². The molecule has 1 heterocycles. The number of benzene rings is 1.